The Morgan fingerprint density at radius 1 is 1.25 bits per heavy atom. The molecule has 0 aliphatic heterocycles. The Morgan fingerprint density at radius 3 is 2.42 bits per heavy atom. The molecule has 0 unspecified atom stereocenters. The average Bonchev–Trinajstić information content (AvgIpc) is 2.04. The average molecular weight is 167 g/mol. The summed E-state index contributed by atoms with van der Waals surface area (Å²) in [7, 11) is 0. The van der Waals surface area contributed by atoms with Gasteiger partial charge in [-0.1, -0.05) is 27.2 Å². The summed E-state index contributed by atoms with van der Waals surface area (Å²) in [6, 6.07) is 0. The monoisotopic (exact) mass is 167 g/mol. The van der Waals surface area contributed by atoms with Crippen molar-refractivity contribution < 1.29 is 0 Å². The lowest BCUT2D eigenvalue weighted by Crippen LogP contribution is -2.22. The van der Waals surface area contributed by atoms with Crippen LogP contribution < -0.4 is 5.73 Å². The van der Waals surface area contributed by atoms with E-state index in [1.54, 1.807) is 0 Å². The Hall–Kier alpha value is -0.480. The van der Waals surface area contributed by atoms with Gasteiger partial charge in [-0.25, -0.2) is 0 Å². The van der Waals surface area contributed by atoms with Crippen LogP contribution in [0.4, 0.5) is 0 Å². The van der Waals surface area contributed by atoms with Crippen molar-refractivity contribution in [3.8, 4) is 11.8 Å². The SMILES string of the molecule is CCCCC#CCC(C)(C)CN. The summed E-state index contributed by atoms with van der Waals surface area (Å²) < 4.78 is 0. The molecule has 0 aromatic heterocycles. The minimum Gasteiger partial charge on any atom is -0.330 e. The Labute approximate surface area is 76.7 Å². The van der Waals surface area contributed by atoms with Gasteiger partial charge in [-0.3, -0.25) is 0 Å². The fraction of sp³-hybridized carbons (Fsp3) is 0.818. The van der Waals surface area contributed by atoms with E-state index in [9.17, 15) is 0 Å². The van der Waals surface area contributed by atoms with Crippen molar-refractivity contribution in [1.82, 2.24) is 0 Å². The Morgan fingerprint density at radius 2 is 1.92 bits per heavy atom. The lowest BCUT2D eigenvalue weighted by atomic mass is 9.90. The van der Waals surface area contributed by atoms with Gasteiger partial charge in [-0.2, -0.15) is 0 Å². The summed E-state index contributed by atoms with van der Waals surface area (Å²) >= 11 is 0. The first-order chi connectivity index (χ1) is 5.62. The van der Waals surface area contributed by atoms with E-state index in [1.807, 2.05) is 0 Å². The molecule has 0 aliphatic rings. The van der Waals surface area contributed by atoms with E-state index < -0.39 is 0 Å². The van der Waals surface area contributed by atoms with Gasteiger partial charge in [-0.05, 0) is 18.4 Å². The minimum absolute atomic E-state index is 0.194. The van der Waals surface area contributed by atoms with Gasteiger partial charge in [0, 0.05) is 12.8 Å². The van der Waals surface area contributed by atoms with Crippen LogP contribution in [-0.2, 0) is 0 Å². The van der Waals surface area contributed by atoms with Crippen LogP contribution in [0.1, 0.15) is 46.5 Å². The number of nitrogens with two attached hydrogens (primary N) is 1. The first kappa shape index (κ1) is 11.5. The van der Waals surface area contributed by atoms with Crippen molar-refractivity contribution in [2.45, 2.75) is 46.5 Å². The van der Waals surface area contributed by atoms with Crippen LogP contribution in [0.15, 0.2) is 0 Å². The number of hydrogen-bond acceptors (Lipinski definition) is 1. The molecule has 12 heavy (non-hydrogen) atoms. The van der Waals surface area contributed by atoms with Crippen molar-refractivity contribution in [3.05, 3.63) is 0 Å². The second-order valence-corrected chi connectivity index (χ2v) is 4.00. The quantitative estimate of drug-likeness (QED) is 0.505. The van der Waals surface area contributed by atoms with Crippen molar-refractivity contribution in [1.29, 1.82) is 0 Å². The van der Waals surface area contributed by atoms with E-state index in [0.717, 1.165) is 19.4 Å². The molecule has 0 aromatic carbocycles. The molecule has 0 bridgehead atoms. The van der Waals surface area contributed by atoms with Crippen LogP contribution in [0, 0.1) is 17.3 Å². The second-order valence-electron chi connectivity index (χ2n) is 4.00. The van der Waals surface area contributed by atoms with Gasteiger partial charge in [0.1, 0.15) is 0 Å². The van der Waals surface area contributed by atoms with Gasteiger partial charge in [0.15, 0.2) is 0 Å². The van der Waals surface area contributed by atoms with Crippen LogP contribution in [0.5, 0.6) is 0 Å². The maximum Gasteiger partial charge on any atom is 0.0152 e. The van der Waals surface area contributed by atoms with E-state index in [0.29, 0.717) is 0 Å². The van der Waals surface area contributed by atoms with Crippen molar-refractivity contribution in [3.63, 3.8) is 0 Å². The molecule has 1 nitrogen and oxygen atoms in total. The molecule has 0 aromatic rings. The van der Waals surface area contributed by atoms with E-state index in [4.69, 9.17) is 5.73 Å². The zero-order valence-corrected chi connectivity index (χ0v) is 8.61. The summed E-state index contributed by atoms with van der Waals surface area (Å²) in [4.78, 5) is 0. The zero-order chi connectivity index (χ0) is 9.45. The topological polar surface area (TPSA) is 26.0 Å². The largest absolute Gasteiger partial charge is 0.330 e. The highest BCUT2D eigenvalue weighted by molar-refractivity contribution is 5.01. The van der Waals surface area contributed by atoms with Gasteiger partial charge in [-0.15, -0.1) is 11.8 Å². The molecule has 70 valence electrons. The summed E-state index contributed by atoms with van der Waals surface area (Å²) in [6.45, 7) is 7.21. The molecule has 0 atom stereocenters. The van der Waals surface area contributed by atoms with Gasteiger partial charge in [0.2, 0.25) is 0 Å². The van der Waals surface area contributed by atoms with Crippen LogP contribution in [0.2, 0.25) is 0 Å². The molecule has 0 spiro atoms. The summed E-state index contributed by atoms with van der Waals surface area (Å²) in [5, 5.41) is 0. The lowest BCUT2D eigenvalue weighted by molar-refractivity contribution is 0.391. The van der Waals surface area contributed by atoms with Gasteiger partial charge in [0.05, 0.1) is 0 Å². The molecular weight excluding hydrogens is 146 g/mol. The number of unbranched alkanes of at least 4 members (excludes halogenated alkanes) is 2. The van der Waals surface area contributed by atoms with E-state index in [1.165, 1.54) is 12.8 Å². The highest BCUT2D eigenvalue weighted by atomic mass is 14.6. The summed E-state index contributed by atoms with van der Waals surface area (Å²) in [5.41, 5.74) is 5.77. The van der Waals surface area contributed by atoms with E-state index in [-0.39, 0.29) is 5.41 Å². The second kappa shape index (κ2) is 6.08. The normalized spacial score (nSPS) is 10.7. The highest BCUT2D eigenvalue weighted by Gasteiger charge is 2.12. The minimum atomic E-state index is 0.194. The molecule has 0 rings (SSSR count). The van der Waals surface area contributed by atoms with E-state index >= 15 is 0 Å². The third-order valence-electron chi connectivity index (χ3n) is 1.90. The number of hydrogen-bond donors (Lipinski definition) is 1. The van der Waals surface area contributed by atoms with Crippen LogP contribution in [-0.4, -0.2) is 6.54 Å². The van der Waals surface area contributed by atoms with Crippen molar-refractivity contribution >= 4 is 0 Å². The van der Waals surface area contributed by atoms with Crippen molar-refractivity contribution in [2.24, 2.45) is 11.1 Å². The standard InChI is InChI=1S/C11H21N/c1-4-5-6-7-8-9-11(2,3)10-12/h4-6,9-10,12H2,1-3H3. The molecule has 1 heteroatoms. The summed E-state index contributed by atoms with van der Waals surface area (Å²) in [6.07, 6.45) is 4.41. The molecule has 0 radical (unpaired) electrons. The molecular formula is C11H21N. The third-order valence-corrected chi connectivity index (χ3v) is 1.90. The fourth-order valence-electron chi connectivity index (χ4n) is 0.727. The zero-order valence-electron chi connectivity index (χ0n) is 8.61. The van der Waals surface area contributed by atoms with Gasteiger partial charge in [0.25, 0.3) is 0 Å². The van der Waals surface area contributed by atoms with Crippen LogP contribution in [0.25, 0.3) is 0 Å². The molecule has 0 saturated heterocycles. The lowest BCUT2D eigenvalue weighted by Gasteiger charge is -2.17. The number of rotatable bonds is 4. The highest BCUT2D eigenvalue weighted by Crippen LogP contribution is 2.16. The Balaban J connectivity index is 3.56. The molecule has 0 heterocycles. The van der Waals surface area contributed by atoms with Gasteiger partial charge < -0.3 is 5.73 Å². The van der Waals surface area contributed by atoms with Crippen molar-refractivity contribution in [2.75, 3.05) is 6.54 Å². The van der Waals surface area contributed by atoms with Gasteiger partial charge >= 0.3 is 0 Å². The Bertz CT molecular complexity index is 160. The maximum atomic E-state index is 5.58. The predicted octanol–water partition coefficient (Wildman–Crippen LogP) is 2.56. The Kier molecular flexibility index (Phi) is 5.84. The molecule has 2 N–H and O–H groups in total. The van der Waals surface area contributed by atoms with E-state index in [2.05, 4.69) is 32.6 Å². The molecule has 0 fully saturated rings. The molecule has 0 amide bonds. The fourth-order valence-corrected chi connectivity index (χ4v) is 0.727. The molecule has 0 aliphatic carbocycles. The molecule has 0 saturated carbocycles. The first-order valence-corrected chi connectivity index (χ1v) is 4.78. The summed E-state index contributed by atoms with van der Waals surface area (Å²) in [5.74, 6) is 6.35. The third kappa shape index (κ3) is 6.24. The maximum absolute atomic E-state index is 5.58. The predicted molar refractivity (Wildman–Crippen MR) is 54.8 cm³/mol. The van der Waals surface area contributed by atoms with Crippen LogP contribution >= 0.6 is 0 Å². The smallest absolute Gasteiger partial charge is 0.0152 e. The first-order valence-electron chi connectivity index (χ1n) is 4.78. The van der Waals surface area contributed by atoms with Crippen LogP contribution in [0.3, 0.4) is 0 Å².